The first-order chi connectivity index (χ1) is 11.9. The quantitative estimate of drug-likeness (QED) is 0.769. The average molecular weight is 346 g/mol. The number of anilines is 1. The van der Waals surface area contributed by atoms with Gasteiger partial charge < -0.3 is 24.5 Å². The smallest absolute Gasteiger partial charge is 0.291 e. The molecule has 1 aromatic carbocycles. The summed E-state index contributed by atoms with van der Waals surface area (Å²) in [4.78, 5) is 14.2. The van der Waals surface area contributed by atoms with E-state index < -0.39 is 6.10 Å². The van der Waals surface area contributed by atoms with Crippen molar-refractivity contribution < 1.29 is 19.1 Å². The van der Waals surface area contributed by atoms with Crippen LogP contribution >= 0.6 is 0 Å². The first kappa shape index (κ1) is 19.0. The minimum Gasteiger partial charge on any atom is -0.491 e. The molecule has 1 atom stereocenters. The molecule has 0 radical (unpaired) electrons. The predicted molar refractivity (Wildman–Crippen MR) is 97.2 cm³/mol. The van der Waals surface area contributed by atoms with Crippen molar-refractivity contribution in [1.82, 2.24) is 4.90 Å². The number of hydrogen-bond acceptors (Lipinski definition) is 5. The van der Waals surface area contributed by atoms with Gasteiger partial charge in [0.2, 0.25) is 0 Å². The third kappa shape index (κ3) is 5.62. The Morgan fingerprint density at radius 2 is 1.92 bits per heavy atom. The Bertz CT molecular complexity index is 677. The molecule has 0 aliphatic heterocycles. The summed E-state index contributed by atoms with van der Waals surface area (Å²) in [7, 11) is 3.79. The van der Waals surface area contributed by atoms with Crippen LogP contribution in [0.1, 0.15) is 35.9 Å². The van der Waals surface area contributed by atoms with Crippen LogP contribution in [0, 0.1) is 0 Å². The Kier molecular flexibility index (Phi) is 6.61. The van der Waals surface area contributed by atoms with Crippen molar-refractivity contribution >= 4 is 11.6 Å². The molecule has 0 bridgehead atoms. The lowest BCUT2D eigenvalue weighted by Gasteiger charge is -2.16. The minimum absolute atomic E-state index is 0.212. The van der Waals surface area contributed by atoms with Gasteiger partial charge in [0, 0.05) is 17.8 Å². The summed E-state index contributed by atoms with van der Waals surface area (Å²) < 4.78 is 10.9. The van der Waals surface area contributed by atoms with Gasteiger partial charge in [-0.3, -0.25) is 4.79 Å². The van der Waals surface area contributed by atoms with E-state index in [1.165, 1.54) is 6.26 Å². The standard InChI is InChI=1S/C19H26N2O4/c1-13(2)17-9-10-24-18(17)19(23)20-14-5-7-16(8-6-14)25-12-15(22)11-21(3)4/h5-10,13,15,22H,11-12H2,1-4H3,(H,20,23)/t15-/m0/s1. The van der Waals surface area contributed by atoms with E-state index in [-0.39, 0.29) is 18.4 Å². The molecule has 25 heavy (non-hydrogen) atoms. The number of amides is 1. The number of ether oxygens (including phenoxy) is 1. The number of carbonyl (C=O) groups is 1. The van der Waals surface area contributed by atoms with E-state index in [0.717, 1.165) is 5.56 Å². The van der Waals surface area contributed by atoms with Crippen LogP contribution in [0.3, 0.4) is 0 Å². The molecule has 0 saturated heterocycles. The number of benzene rings is 1. The zero-order valence-electron chi connectivity index (χ0n) is 15.2. The normalized spacial score (nSPS) is 12.4. The van der Waals surface area contributed by atoms with Crippen molar-refractivity contribution in [1.29, 1.82) is 0 Å². The minimum atomic E-state index is -0.553. The van der Waals surface area contributed by atoms with Gasteiger partial charge in [0.15, 0.2) is 5.76 Å². The Hall–Kier alpha value is -2.31. The fraction of sp³-hybridized carbons (Fsp3) is 0.421. The fourth-order valence-electron chi connectivity index (χ4n) is 2.45. The van der Waals surface area contributed by atoms with E-state index in [2.05, 4.69) is 5.32 Å². The Morgan fingerprint density at radius 1 is 1.24 bits per heavy atom. The van der Waals surface area contributed by atoms with E-state index in [1.54, 1.807) is 24.3 Å². The number of aliphatic hydroxyl groups excluding tert-OH is 1. The first-order valence-corrected chi connectivity index (χ1v) is 8.31. The van der Waals surface area contributed by atoms with E-state index in [4.69, 9.17) is 9.15 Å². The molecule has 2 aromatic rings. The van der Waals surface area contributed by atoms with Gasteiger partial charge in [-0.25, -0.2) is 0 Å². The summed E-state index contributed by atoms with van der Waals surface area (Å²) >= 11 is 0. The summed E-state index contributed by atoms with van der Waals surface area (Å²) in [5.41, 5.74) is 1.53. The van der Waals surface area contributed by atoms with E-state index in [0.29, 0.717) is 23.7 Å². The molecule has 1 aromatic heterocycles. The molecule has 0 spiro atoms. The number of rotatable bonds is 8. The van der Waals surface area contributed by atoms with Gasteiger partial charge in [-0.2, -0.15) is 0 Å². The summed E-state index contributed by atoms with van der Waals surface area (Å²) in [6.45, 7) is 4.78. The number of aliphatic hydroxyl groups is 1. The lowest BCUT2D eigenvalue weighted by Crippen LogP contribution is -2.30. The summed E-state index contributed by atoms with van der Waals surface area (Å²) in [6.07, 6.45) is 0.975. The molecule has 136 valence electrons. The second kappa shape index (κ2) is 8.69. The number of hydrogen-bond donors (Lipinski definition) is 2. The predicted octanol–water partition coefficient (Wildman–Crippen LogP) is 2.96. The molecule has 0 unspecified atom stereocenters. The zero-order valence-corrected chi connectivity index (χ0v) is 15.2. The van der Waals surface area contributed by atoms with Crippen LogP contribution in [0.2, 0.25) is 0 Å². The van der Waals surface area contributed by atoms with Gasteiger partial charge in [0.25, 0.3) is 5.91 Å². The van der Waals surface area contributed by atoms with Gasteiger partial charge >= 0.3 is 0 Å². The molecule has 6 nitrogen and oxygen atoms in total. The number of nitrogens with zero attached hydrogens (tertiary/aromatic N) is 1. The van der Waals surface area contributed by atoms with Crippen molar-refractivity contribution in [3.05, 3.63) is 47.9 Å². The maximum absolute atomic E-state index is 12.3. The van der Waals surface area contributed by atoms with Gasteiger partial charge in [-0.05, 0) is 50.3 Å². The van der Waals surface area contributed by atoms with Crippen LogP contribution in [-0.2, 0) is 0 Å². The van der Waals surface area contributed by atoms with E-state index in [9.17, 15) is 9.90 Å². The lowest BCUT2D eigenvalue weighted by atomic mass is 10.0. The SMILES string of the molecule is CC(C)c1ccoc1C(=O)Nc1ccc(OC[C@@H](O)CN(C)C)cc1. The second-order valence-electron chi connectivity index (χ2n) is 6.57. The van der Waals surface area contributed by atoms with Crippen molar-refractivity contribution in [3.63, 3.8) is 0 Å². The zero-order chi connectivity index (χ0) is 18.4. The molecule has 0 aliphatic carbocycles. The van der Waals surface area contributed by atoms with Crippen molar-refractivity contribution in [2.45, 2.75) is 25.9 Å². The van der Waals surface area contributed by atoms with Gasteiger partial charge in [-0.1, -0.05) is 13.8 Å². The molecule has 0 saturated carbocycles. The number of likely N-dealkylation sites (N-methyl/N-ethyl adjacent to an activating group) is 1. The van der Waals surface area contributed by atoms with Gasteiger partial charge in [-0.15, -0.1) is 0 Å². The fourth-order valence-corrected chi connectivity index (χ4v) is 2.45. The maximum atomic E-state index is 12.3. The van der Waals surface area contributed by atoms with Crippen LogP contribution in [0.5, 0.6) is 5.75 Å². The molecule has 2 N–H and O–H groups in total. The van der Waals surface area contributed by atoms with Crippen molar-refractivity contribution in [3.8, 4) is 5.75 Å². The van der Waals surface area contributed by atoms with Crippen LogP contribution in [0.15, 0.2) is 41.0 Å². The van der Waals surface area contributed by atoms with Crippen molar-refractivity contribution in [2.75, 3.05) is 32.6 Å². The average Bonchev–Trinajstić information content (AvgIpc) is 3.03. The second-order valence-corrected chi connectivity index (χ2v) is 6.57. The topological polar surface area (TPSA) is 74.9 Å². The number of carbonyl (C=O) groups excluding carboxylic acids is 1. The molecule has 1 heterocycles. The number of furan rings is 1. The highest BCUT2D eigenvalue weighted by atomic mass is 16.5. The van der Waals surface area contributed by atoms with Crippen LogP contribution in [0.25, 0.3) is 0 Å². The largest absolute Gasteiger partial charge is 0.491 e. The highest BCUT2D eigenvalue weighted by Gasteiger charge is 2.17. The number of nitrogens with one attached hydrogen (secondary N) is 1. The Morgan fingerprint density at radius 3 is 2.52 bits per heavy atom. The van der Waals surface area contributed by atoms with Crippen molar-refractivity contribution in [2.24, 2.45) is 0 Å². The van der Waals surface area contributed by atoms with Crippen LogP contribution in [0.4, 0.5) is 5.69 Å². The molecule has 0 fully saturated rings. The summed E-state index contributed by atoms with van der Waals surface area (Å²) in [5.74, 6) is 0.909. The Labute approximate surface area is 148 Å². The monoisotopic (exact) mass is 346 g/mol. The maximum Gasteiger partial charge on any atom is 0.291 e. The highest BCUT2D eigenvalue weighted by molar-refractivity contribution is 6.03. The summed E-state index contributed by atoms with van der Waals surface area (Å²) in [6, 6.07) is 8.83. The van der Waals surface area contributed by atoms with E-state index >= 15 is 0 Å². The van der Waals surface area contributed by atoms with E-state index in [1.807, 2.05) is 38.9 Å². The van der Waals surface area contributed by atoms with Gasteiger partial charge in [0.1, 0.15) is 18.5 Å². The molecule has 0 aliphatic rings. The highest BCUT2D eigenvalue weighted by Crippen LogP contribution is 2.22. The molecule has 1 amide bonds. The third-order valence-electron chi connectivity index (χ3n) is 3.65. The molecular formula is C19H26N2O4. The van der Waals surface area contributed by atoms with Crippen LogP contribution < -0.4 is 10.1 Å². The van der Waals surface area contributed by atoms with Crippen LogP contribution in [-0.4, -0.2) is 49.3 Å². The Balaban J connectivity index is 1.91. The third-order valence-corrected chi connectivity index (χ3v) is 3.65. The summed E-state index contributed by atoms with van der Waals surface area (Å²) in [5, 5.41) is 12.6. The molecule has 6 heteroatoms. The lowest BCUT2D eigenvalue weighted by molar-refractivity contribution is 0.0831. The molecule has 2 rings (SSSR count). The first-order valence-electron chi connectivity index (χ1n) is 8.31. The molecular weight excluding hydrogens is 320 g/mol. The van der Waals surface area contributed by atoms with Gasteiger partial charge in [0.05, 0.1) is 6.26 Å².